The topological polar surface area (TPSA) is 61.3 Å². The Morgan fingerprint density at radius 1 is 1.47 bits per heavy atom. The smallest absolute Gasteiger partial charge is 0.134 e. The molecule has 1 fully saturated rings. The first kappa shape index (κ1) is 14.1. The molecule has 0 radical (unpaired) electrons. The van der Waals surface area contributed by atoms with Crippen LogP contribution in [0.15, 0.2) is 6.07 Å². The summed E-state index contributed by atoms with van der Waals surface area (Å²) in [5.74, 6) is 3.32. The van der Waals surface area contributed by atoms with Gasteiger partial charge in [-0.25, -0.2) is 9.97 Å². The quantitative estimate of drug-likeness (QED) is 0.820. The Kier molecular flexibility index (Phi) is 4.96. The van der Waals surface area contributed by atoms with Gasteiger partial charge in [-0.3, -0.25) is 0 Å². The average Bonchev–Trinajstić information content (AvgIpc) is 2.85. The lowest BCUT2D eigenvalue weighted by Gasteiger charge is -2.18. The van der Waals surface area contributed by atoms with E-state index in [1.165, 1.54) is 0 Å². The van der Waals surface area contributed by atoms with E-state index in [0.29, 0.717) is 5.92 Å². The average molecular weight is 264 g/mol. The van der Waals surface area contributed by atoms with Crippen LogP contribution in [0.25, 0.3) is 0 Å². The van der Waals surface area contributed by atoms with E-state index in [0.717, 1.165) is 56.4 Å². The minimum absolute atomic E-state index is 0.282. The molecule has 1 atom stereocenters. The Hall–Kier alpha value is -1.36. The molecule has 2 heterocycles. The summed E-state index contributed by atoms with van der Waals surface area (Å²) in [6.07, 6.45) is 3.11. The first-order chi connectivity index (χ1) is 9.22. The van der Waals surface area contributed by atoms with E-state index in [1.54, 1.807) is 0 Å². The second-order valence-corrected chi connectivity index (χ2v) is 5.20. The number of nitrogens with zero attached hydrogens (tertiary/aromatic N) is 3. The molecule has 0 bridgehead atoms. The molecule has 1 aromatic heterocycles. The molecule has 1 aliphatic heterocycles. The van der Waals surface area contributed by atoms with E-state index in [9.17, 15) is 0 Å². The first-order valence-corrected chi connectivity index (χ1v) is 7.18. The van der Waals surface area contributed by atoms with Crippen LogP contribution in [0.3, 0.4) is 0 Å². The first-order valence-electron chi connectivity index (χ1n) is 7.18. The molecule has 0 amide bonds. The standard InChI is InChI=1S/C14H24N4O/c1-3-6-15-13-9-14(17-11(2)16-13)18-7-4-12(10-18)5-8-19/h9,12,19H,3-8,10H2,1-2H3,(H,15,16,17). The van der Waals surface area contributed by atoms with Crippen molar-refractivity contribution >= 4 is 11.6 Å². The summed E-state index contributed by atoms with van der Waals surface area (Å²) in [5, 5.41) is 12.3. The zero-order valence-electron chi connectivity index (χ0n) is 11.9. The molecule has 2 N–H and O–H groups in total. The van der Waals surface area contributed by atoms with Crippen LogP contribution in [0.4, 0.5) is 11.6 Å². The lowest BCUT2D eigenvalue weighted by atomic mass is 10.1. The maximum atomic E-state index is 9.01. The number of aromatic nitrogens is 2. The fraction of sp³-hybridized carbons (Fsp3) is 0.714. The molecule has 1 aromatic rings. The molecule has 1 saturated heterocycles. The summed E-state index contributed by atoms with van der Waals surface area (Å²) in [7, 11) is 0. The Morgan fingerprint density at radius 2 is 2.32 bits per heavy atom. The molecule has 1 aliphatic rings. The highest BCUT2D eigenvalue weighted by Gasteiger charge is 2.23. The van der Waals surface area contributed by atoms with Gasteiger partial charge in [0.15, 0.2) is 0 Å². The van der Waals surface area contributed by atoms with Crippen LogP contribution in [0.5, 0.6) is 0 Å². The number of aliphatic hydroxyl groups is 1. The van der Waals surface area contributed by atoms with Crippen LogP contribution in [0, 0.1) is 12.8 Å². The van der Waals surface area contributed by atoms with Gasteiger partial charge in [0, 0.05) is 32.3 Å². The molecule has 0 aromatic carbocycles. The van der Waals surface area contributed by atoms with Gasteiger partial charge in [-0.15, -0.1) is 0 Å². The van der Waals surface area contributed by atoms with E-state index in [1.807, 2.05) is 13.0 Å². The summed E-state index contributed by atoms with van der Waals surface area (Å²) in [6, 6.07) is 2.03. The van der Waals surface area contributed by atoms with Crippen LogP contribution in [0.2, 0.25) is 0 Å². The molecule has 0 aliphatic carbocycles. The lowest BCUT2D eigenvalue weighted by molar-refractivity contribution is 0.263. The third-order valence-corrected chi connectivity index (χ3v) is 3.53. The number of aryl methyl sites for hydroxylation is 1. The van der Waals surface area contributed by atoms with Crippen molar-refractivity contribution in [2.24, 2.45) is 5.92 Å². The Morgan fingerprint density at radius 3 is 3.05 bits per heavy atom. The van der Waals surface area contributed by atoms with Crippen LogP contribution in [0.1, 0.15) is 32.0 Å². The molecule has 1 unspecified atom stereocenters. The fourth-order valence-electron chi connectivity index (χ4n) is 2.52. The highest BCUT2D eigenvalue weighted by Crippen LogP contribution is 2.25. The minimum atomic E-state index is 0.282. The highest BCUT2D eigenvalue weighted by molar-refractivity contribution is 5.50. The van der Waals surface area contributed by atoms with Gasteiger partial charge in [0.1, 0.15) is 17.5 Å². The van der Waals surface area contributed by atoms with Crippen molar-refractivity contribution in [3.05, 3.63) is 11.9 Å². The number of nitrogens with one attached hydrogen (secondary N) is 1. The third kappa shape index (κ3) is 3.80. The molecule has 19 heavy (non-hydrogen) atoms. The summed E-state index contributed by atoms with van der Waals surface area (Å²) in [4.78, 5) is 11.2. The number of aliphatic hydroxyl groups excluding tert-OH is 1. The van der Waals surface area contributed by atoms with E-state index in [-0.39, 0.29) is 6.61 Å². The second-order valence-electron chi connectivity index (χ2n) is 5.20. The molecular formula is C14H24N4O. The van der Waals surface area contributed by atoms with Gasteiger partial charge >= 0.3 is 0 Å². The van der Waals surface area contributed by atoms with Gasteiger partial charge in [0.25, 0.3) is 0 Å². The number of hydrogen-bond donors (Lipinski definition) is 2. The molecule has 0 saturated carbocycles. The van der Waals surface area contributed by atoms with Gasteiger partial charge in [0.05, 0.1) is 0 Å². The predicted molar refractivity (Wildman–Crippen MR) is 77.6 cm³/mol. The minimum Gasteiger partial charge on any atom is -0.396 e. The van der Waals surface area contributed by atoms with Gasteiger partial charge in [-0.1, -0.05) is 6.92 Å². The summed E-state index contributed by atoms with van der Waals surface area (Å²) >= 11 is 0. The van der Waals surface area contributed by atoms with Gasteiger partial charge in [-0.2, -0.15) is 0 Å². The van der Waals surface area contributed by atoms with Crippen molar-refractivity contribution in [1.82, 2.24) is 9.97 Å². The summed E-state index contributed by atoms with van der Waals surface area (Å²) in [5.41, 5.74) is 0. The van der Waals surface area contributed by atoms with Crippen LogP contribution in [-0.2, 0) is 0 Å². The fourth-order valence-corrected chi connectivity index (χ4v) is 2.52. The van der Waals surface area contributed by atoms with Crippen LogP contribution < -0.4 is 10.2 Å². The normalized spacial score (nSPS) is 18.9. The van der Waals surface area contributed by atoms with Crippen molar-refractivity contribution in [3.63, 3.8) is 0 Å². The summed E-state index contributed by atoms with van der Waals surface area (Å²) in [6.45, 7) is 7.30. The number of anilines is 2. The van der Waals surface area contributed by atoms with Gasteiger partial charge in [-0.05, 0) is 32.1 Å². The van der Waals surface area contributed by atoms with Crippen LogP contribution >= 0.6 is 0 Å². The van der Waals surface area contributed by atoms with E-state index in [2.05, 4.69) is 27.1 Å². The molecule has 106 valence electrons. The molecule has 0 spiro atoms. The van der Waals surface area contributed by atoms with Crippen molar-refractivity contribution in [1.29, 1.82) is 0 Å². The largest absolute Gasteiger partial charge is 0.396 e. The highest BCUT2D eigenvalue weighted by atomic mass is 16.3. The van der Waals surface area contributed by atoms with Crippen molar-refractivity contribution in [2.45, 2.75) is 33.1 Å². The van der Waals surface area contributed by atoms with E-state index < -0.39 is 0 Å². The monoisotopic (exact) mass is 264 g/mol. The van der Waals surface area contributed by atoms with Crippen molar-refractivity contribution in [3.8, 4) is 0 Å². The predicted octanol–water partition coefficient (Wildman–Crippen LogP) is 1.82. The zero-order valence-corrected chi connectivity index (χ0v) is 11.9. The van der Waals surface area contributed by atoms with Gasteiger partial charge in [0.2, 0.25) is 0 Å². The third-order valence-electron chi connectivity index (χ3n) is 3.53. The SMILES string of the molecule is CCCNc1cc(N2CCC(CCO)C2)nc(C)n1. The molecule has 2 rings (SSSR count). The Bertz CT molecular complexity index is 410. The Labute approximate surface area is 115 Å². The zero-order chi connectivity index (χ0) is 13.7. The number of rotatable bonds is 6. The van der Waals surface area contributed by atoms with Gasteiger partial charge < -0.3 is 15.3 Å². The molecular weight excluding hydrogens is 240 g/mol. The summed E-state index contributed by atoms with van der Waals surface area (Å²) < 4.78 is 0. The van der Waals surface area contributed by atoms with E-state index in [4.69, 9.17) is 5.11 Å². The van der Waals surface area contributed by atoms with E-state index >= 15 is 0 Å². The Balaban J connectivity index is 2.05. The van der Waals surface area contributed by atoms with Crippen LogP contribution in [-0.4, -0.2) is 41.3 Å². The second kappa shape index (κ2) is 6.70. The number of hydrogen-bond acceptors (Lipinski definition) is 5. The maximum Gasteiger partial charge on any atom is 0.134 e. The molecule has 5 nitrogen and oxygen atoms in total. The van der Waals surface area contributed by atoms with Crippen molar-refractivity contribution < 1.29 is 5.11 Å². The molecule has 5 heteroatoms. The lowest BCUT2D eigenvalue weighted by Crippen LogP contribution is -2.22. The maximum absolute atomic E-state index is 9.01. The van der Waals surface area contributed by atoms with Crippen molar-refractivity contribution in [2.75, 3.05) is 36.5 Å².